The van der Waals surface area contributed by atoms with Crippen molar-refractivity contribution in [3.05, 3.63) is 33.9 Å². The Bertz CT molecular complexity index is 564. The molecule has 0 aliphatic carbocycles. The van der Waals surface area contributed by atoms with Crippen molar-refractivity contribution in [1.82, 2.24) is 9.78 Å². The second-order valence-corrected chi connectivity index (χ2v) is 4.90. The van der Waals surface area contributed by atoms with Crippen LogP contribution in [0.15, 0.2) is 18.2 Å². The number of anilines is 1. The number of thiophene rings is 1. The van der Waals surface area contributed by atoms with E-state index in [-0.39, 0.29) is 11.7 Å². The molecule has 18 heavy (non-hydrogen) atoms. The number of aromatic nitrogens is 2. The van der Waals surface area contributed by atoms with Gasteiger partial charge in [0.15, 0.2) is 5.13 Å². The highest BCUT2D eigenvalue weighted by atomic mass is 32.1. The molecule has 0 unspecified atom stereocenters. The van der Waals surface area contributed by atoms with E-state index in [1.54, 1.807) is 19.1 Å². The molecule has 2 aromatic heterocycles. The highest BCUT2D eigenvalue weighted by Gasteiger charge is 2.09. The van der Waals surface area contributed by atoms with Crippen molar-refractivity contribution < 1.29 is 14.3 Å². The zero-order valence-corrected chi connectivity index (χ0v) is 10.5. The Morgan fingerprint density at radius 3 is 3.00 bits per heavy atom. The normalized spacial score (nSPS) is 10.6. The van der Waals surface area contributed by atoms with Crippen LogP contribution in [0.25, 0.3) is 0 Å². The van der Waals surface area contributed by atoms with Gasteiger partial charge in [0.2, 0.25) is 0 Å². The van der Waals surface area contributed by atoms with Crippen LogP contribution in [0, 0.1) is 12.1 Å². The number of aryl methyl sites for hydroxylation is 1. The minimum Gasteiger partial charge on any atom is -0.480 e. The summed E-state index contributed by atoms with van der Waals surface area (Å²) in [5.74, 6) is -0.341. The predicted octanol–water partition coefficient (Wildman–Crippen LogP) is 2.09. The number of hydrogen-bond acceptors (Lipinski definition) is 4. The lowest BCUT2D eigenvalue weighted by Crippen LogP contribution is -2.13. The monoisotopic (exact) mass is 269 g/mol. The molecule has 0 bridgehead atoms. The van der Waals surface area contributed by atoms with Gasteiger partial charge in [-0.1, -0.05) is 0 Å². The molecule has 0 saturated heterocycles. The molecular weight excluding hydrogens is 257 g/mol. The van der Waals surface area contributed by atoms with Gasteiger partial charge in [0.25, 0.3) is 0 Å². The average Bonchev–Trinajstić information content (AvgIpc) is 2.82. The van der Waals surface area contributed by atoms with E-state index < -0.39 is 5.97 Å². The number of aliphatic carboxylic acids is 1. The zero-order valence-electron chi connectivity index (χ0n) is 9.68. The topological polar surface area (TPSA) is 67.2 Å². The SMILES string of the molecule is Cc1cc(NCc2ccc(F)s2)n(CC(=O)O)n1. The number of halogens is 1. The smallest absolute Gasteiger partial charge is 0.325 e. The van der Waals surface area contributed by atoms with Crippen LogP contribution in [0.5, 0.6) is 0 Å². The summed E-state index contributed by atoms with van der Waals surface area (Å²) in [7, 11) is 0. The van der Waals surface area contributed by atoms with E-state index in [4.69, 9.17) is 5.11 Å². The van der Waals surface area contributed by atoms with Gasteiger partial charge in [-0.25, -0.2) is 4.68 Å². The second-order valence-electron chi connectivity index (χ2n) is 3.78. The van der Waals surface area contributed by atoms with Crippen molar-refractivity contribution in [1.29, 1.82) is 0 Å². The van der Waals surface area contributed by atoms with Crippen molar-refractivity contribution in [3.8, 4) is 0 Å². The zero-order chi connectivity index (χ0) is 13.1. The molecule has 2 N–H and O–H groups in total. The van der Waals surface area contributed by atoms with Gasteiger partial charge in [0.05, 0.1) is 12.2 Å². The number of nitrogens with zero attached hydrogens (tertiary/aromatic N) is 2. The largest absolute Gasteiger partial charge is 0.480 e. The molecule has 5 nitrogen and oxygen atoms in total. The van der Waals surface area contributed by atoms with E-state index in [1.165, 1.54) is 10.7 Å². The van der Waals surface area contributed by atoms with Gasteiger partial charge in [-0.15, -0.1) is 11.3 Å². The Labute approximate surface area is 107 Å². The van der Waals surface area contributed by atoms with Gasteiger partial charge in [-0.2, -0.15) is 9.49 Å². The molecule has 96 valence electrons. The molecule has 0 amide bonds. The third-order valence-electron chi connectivity index (χ3n) is 2.26. The summed E-state index contributed by atoms with van der Waals surface area (Å²) in [4.78, 5) is 11.5. The van der Waals surface area contributed by atoms with Crippen LogP contribution >= 0.6 is 11.3 Å². The Balaban J connectivity index is 2.06. The quantitative estimate of drug-likeness (QED) is 0.872. The standard InChI is InChI=1S/C11H12FN3O2S/c1-7-4-10(15(14-7)6-11(16)17)13-5-8-2-3-9(12)18-8/h2-4,13H,5-6H2,1H3,(H,16,17). The summed E-state index contributed by atoms with van der Waals surface area (Å²) in [6.45, 7) is 2.03. The summed E-state index contributed by atoms with van der Waals surface area (Å²) in [6, 6.07) is 4.85. The van der Waals surface area contributed by atoms with E-state index >= 15 is 0 Å². The summed E-state index contributed by atoms with van der Waals surface area (Å²) in [6.07, 6.45) is 0. The first-order valence-electron chi connectivity index (χ1n) is 5.29. The third-order valence-corrected chi connectivity index (χ3v) is 3.13. The maximum absolute atomic E-state index is 12.8. The summed E-state index contributed by atoms with van der Waals surface area (Å²) in [5.41, 5.74) is 0.733. The fraction of sp³-hybridized carbons (Fsp3) is 0.273. The van der Waals surface area contributed by atoms with Crippen molar-refractivity contribution in [2.45, 2.75) is 20.0 Å². The first-order chi connectivity index (χ1) is 8.54. The van der Waals surface area contributed by atoms with E-state index in [1.807, 2.05) is 0 Å². The first kappa shape index (κ1) is 12.6. The lowest BCUT2D eigenvalue weighted by atomic mass is 10.4. The Morgan fingerprint density at radius 1 is 1.61 bits per heavy atom. The van der Waals surface area contributed by atoms with Crippen LogP contribution in [-0.2, 0) is 17.9 Å². The average molecular weight is 269 g/mol. The maximum atomic E-state index is 12.8. The molecule has 0 aromatic carbocycles. The lowest BCUT2D eigenvalue weighted by molar-refractivity contribution is -0.137. The van der Waals surface area contributed by atoms with Crippen LogP contribution in [-0.4, -0.2) is 20.9 Å². The van der Waals surface area contributed by atoms with Crippen LogP contribution in [0.3, 0.4) is 0 Å². The molecule has 0 aliphatic rings. The van der Waals surface area contributed by atoms with Crippen LogP contribution in [0.2, 0.25) is 0 Å². The van der Waals surface area contributed by atoms with Crippen molar-refractivity contribution in [3.63, 3.8) is 0 Å². The summed E-state index contributed by atoms with van der Waals surface area (Å²) < 4.78 is 14.2. The molecule has 0 aliphatic heterocycles. The van der Waals surface area contributed by atoms with E-state index in [0.717, 1.165) is 21.9 Å². The second kappa shape index (κ2) is 5.18. The Hall–Kier alpha value is -1.89. The van der Waals surface area contributed by atoms with E-state index in [0.29, 0.717) is 12.4 Å². The fourth-order valence-electron chi connectivity index (χ4n) is 1.56. The molecule has 0 atom stereocenters. The van der Waals surface area contributed by atoms with Crippen LogP contribution in [0.1, 0.15) is 10.6 Å². The molecule has 2 rings (SSSR count). The van der Waals surface area contributed by atoms with E-state index in [2.05, 4.69) is 10.4 Å². The summed E-state index contributed by atoms with van der Waals surface area (Å²) in [5, 5.41) is 15.6. The van der Waals surface area contributed by atoms with Crippen molar-refractivity contribution >= 4 is 23.1 Å². The number of hydrogen-bond donors (Lipinski definition) is 2. The molecule has 2 heterocycles. The molecule has 0 saturated carbocycles. The van der Waals surface area contributed by atoms with Gasteiger partial charge < -0.3 is 10.4 Å². The molecule has 0 radical (unpaired) electrons. The van der Waals surface area contributed by atoms with Crippen LogP contribution in [0.4, 0.5) is 10.2 Å². The highest BCUT2D eigenvalue weighted by molar-refractivity contribution is 7.10. The van der Waals surface area contributed by atoms with Crippen LogP contribution < -0.4 is 5.32 Å². The number of carbonyl (C=O) groups is 1. The number of rotatable bonds is 5. The number of nitrogens with one attached hydrogen (secondary N) is 1. The van der Waals surface area contributed by atoms with Gasteiger partial charge in [0, 0.05) is 10.9 Å². The highest BCUT2D eigenvalue weighted by Crippen LogP contribution is 2.17. The fourth-order valence-corrected chi connectivity index (χ4v) is 2.23. The minimum absolute atomic E-state index is 0.199. The van der Waals surface area contributed by atoms with Crippen molar-refractivity contribution in [2.24, 2.45) is 0 Å². The number of carboxylic acids is 1. The van der Waals surface area contributed by atoms with Gasteiger partial charge >= 0.3 is 5.97 Å². The minimum atomic E-state index is -0.955. The molecule has 0 spiro atoms. The molecule has 2 aromatic rings. The van der Waals surface area contributed by atoms with Gasteiger partial charge in [-0.3, -0.25) is 4.79 Å². The lowest BCUT2D eigenvalue weighted by Gasteiger charge is -2.06. The molecule has 7 heteroatoms. The van der Waals surface area contributed by atoms with Crippen molar-refractivity contribution in [2.75, 3.05) is 5.32 Å². The molecular formula is C11H12FN3O2S. The maximum Gasteiger partial charge on any atom is 0.325 e. The summed E-state index contributed by atoms with van der Waals surface area (Å²) >= 11 is 1.06. The number of carboxylic acid groups (broad SMARTS) is 1. The third kappa shape index (κ3) is 3.07. The predicted molar refractivity (Wildman–Crippen MR) is 66.2 cm³/mol. The first-order valence-corrected chi connectivity index (χ1v) is 6.10. The van der Waals surface area contributed by atoms with E-state index in [9.17, 15) is 9.18 Å². The van der Waals surface area contributed by atoms with Gasteiger partial charge in [0.1, 0.15) is 12.4 Å². The Kier molecular flexibility index (Phi) is 3.61. The molecule has 0 fully saturated rings. The van der Waals surface area contributed by atoms with Gasteiger partial charge in [-0.05, 0) is 19.1 Å². The Morgan fingerprint density at radius 2 is 2.39 bits per heavy atom.